The average molecular weight is 155 g/mol. The summed E-state index contributed by atoms with van der Waals surface area (Å²) in [4.78, 5) is 0. The number of hydrogen-bond acceptors (Lipinski definition) is 1. The Balaban J connectivity index is 2.42. The third-order valence-corrected chi connectivity index (χ3v) is 3.37. The Morgan fingerprint density at radius 3 is 2.36 bits per heavy atom. The first-order valence-corrected chi connectivity index (χ1v) is 4.88. The molecular weight excluding hydrogens is 134 g/mol. The lowest BCUT2D eigenvalue weighted by molar-refractivity contribution is 0.331. The van der Waals surface area contributed by atoms with Gasteiger partial charge in [-0.05, 0) is 30.7 Å². The number of nitrogens with one attached hydrogen (secondary N) is 1. The second-order valence-electron chi connectivity index (χ2n) is 4.13. The highest BCUT2D eigenvalue weighted by Crippen LogP contribution is 2.54. The predicted octanol–water partition coefficient (Wildman–Crippen LogP) is 2.42. The Morgan fingerprint density at radius 1 is 1.55 bits per heavy atom. The van der Waals surface area contributed by atoms with E-state index < -0.39 is 0 Å². The van der Waals surface area contributed by atoms with E-state index in [-0.39, 0.29) is 0 Å². The lowest BCUT2D eigenvalue weighted by atomic mass is 9.94. The summed E-state index contributed by atoms with van der Waals surface area (Å²) in [6.07, 6.45) is 2.69. The Kier molecular flexibility index (Phi) is 2.58. The van der Waals surface area contributed by atoms with Crippen LogP contribution in [0.2, 0.25) is 0 Å². The van der Waals surface area contributed by atoms with Crippen molar-refractivity contribution in [2.45, 2.75) is 46.6 Å². The largest absolute Gasteiger partial charge is 0.314 e. The van der Waals surface area contributed by atoms with Crippen LogP contribution in [0, 0.1) is 11.3 Å². The smallest absolute Gasteiger partial charge is 0.0121 e. The SMILES string of the molecule is CCNC(CC)C1(C)CC1C. The van der Waals surface area contributed by atoms with Crippen LogP contribution in [0.3, 0.4) is 0 Å². The number of rotatable bonds is 4. The van der Waals surface area contributed by atoms with Gasteiger partial charge in [0, 0.05) is 6.04 Å². The minimum Gasteiger partial charge on any atom is -0.314 e. The van der Waals surface area contributed by atoms with Gasteiger partial charge in [0.05, 0.1) is 0 Å². The molecule has 0 heterocycles. The molecule has 0 bridgehead atoms. The van der Waals surface area contributed by atoms with Crippen LogP contribution >= 0.6 is 0 Å². The molecule has 3 unspecified atom stereocenters. The molecule has 0 spiro atoms. The molecule has 1 aliphatic carbocycles. The summed E-state index contributed by atoms with van der Waals surface area (Å²) < 4.78 is 0. The van der Waals surface area contributed by atoms with Crippen molar-refractivity contribution in [3.8, 4) is 0 Å². The van der Waals surface area contributed by atoms with Crippen molar-refractivity contribution in [2.75, 3.05) is 6.54 Å². The quantitative estimate of drug-likeness (QED) is 0.657. The lowest BCUT2D eigenvalue weighted by Crippen LogP contribution is -2.36. The predicted molar refractivity (Wildman–Crippen MR) is 49.6 cm³/mol. The van der Waals surface area contributed by atoms with Gasteiger partial charge in [-0.3, -0.25) is 0 Å². The van der Waals surface area contributed by atoms with Crippen molar-refractivity contribution < 1.29 is 0 Å². The molecule has 1 saturated carbocycles. The first kappa shape index (κ1) is 9.05. The first-order chi connectivity index (χ1) is 5.15. The van der Waals surface area contributed by atoms with Crippen LogP contribution in [0.4, 0.5) is 0 Å². The topological polar surface area (TPSA) is 12.0 Å². The van der Waals surface area contributed by atoms with E-state index in [1.807, 2.05) is 0 Å². The normalized spacial score (nSPS) is 38.7. The van der Waals surface area contributed by atoms with E-state index >= 15 is 0 Å². The van der Waals surface area contributed by atoms with Crippen LogP contribution in [0.1, 0.15) is 40.5 Å². The highest BCUT2D eigenvalue weighted by molar-refractivity contribution is 5.03. The minimum atomic E-state index is 0.616. The van der Waals surface area contributed by atoms with Crippen LogP contribution in [0.15, 0.2) is 0 Å². The highest BCUT2D eigenvalue weighted by Gasteiger charge is 2.51. The number of hydrogen-bond donors (Lipinski definition) is 1. The highest BCUT2D eigenvalue weighted by atomic mass is 14.9. The second-order valence-corrected chi connectivity index (χ2v) is 4.13. The summed E-state index contributed by atoms with van der Waals surface area (Å²) in [7, 11) is 0. The molecule has 0 saturated heterocycles. The minimum absolute atomic E-state index is 0.616. The Labute approximate surface area is 70.6 Å². The molecule has 0 radical (unpaired) electrons. The second kappa shape index (κ2) is 3.14. The third kappa shape index (κ3) is 1.58. The lowest BCUT2D eigenvalue weighted by Gasteiger charge is -2.23. The van der Waals surface area contributed by atoms with E-state index in [4.69, 9.17) is 0 Å². The zero-order valence-corrected chi connectivity index (χ0v) is 8.28. The van der Waals surface area contributed by atoms with Gasteiger partial charge < -0.3 is 5.32 Å². The van der Waals surface area contributed by atoms with Gasteiger partial charge in [-0.1, -0.05) is 27.7 Å². The maximum Gasteiger partial charge on any atom is 0.0121 e. The fourth-order valence-corrected chi connectivity index (χ4v) is 2.18. The van der Waals surface area contributed by atoms with E-state index in [1.54, 1.807) is 0 Å². The monoisotopic (exact) mass is 155 g/mol. The van der Waals surface area contributed by atoms with Crippen LogP contribution in [0.5, 0.6) is 0 Å². The maximum absolute atomic E-state index is 3.57. The molecule has 66 valence electrons. The molecule has 1 heteroatoms. The van der Waals surface area contributed by atoms with Crippen molar-refractivity contribution in [1.29, 1.82) is 0 Å². The van der Waals surface area contributed by atoms with Gasteiger partial charge >= 0.3 is 0 Å². The van der Waals surface area contributed by atoms with Crippen LogP contribution in [0.25, 0.3) is 0 Å². The van der Waals surface area contributed by atoms with E-state index in [0.29, 0.717) is 5.41 Å². The van der Waals surface area contributed by atoms with Crippen LogP contribution in [-0.4, -0.2) is 12.6 Å². The van der Waals surface area contributed by atoms with Gasteiger partial charge in [-0.2, -0.15) is 0 Å². The third-order valence-electron chi connectivity index (χ3n) is 3.37. The molecular formula is C10H21N. The summed E-state index contributed by atoms with van der Waals surface area (Å²) >= 11 is 0. The molecule has 0 amide bonds. The summed E-state index contributed by atoms with van der Waals surface area (Å²) in [6, 6.07) is 0.752. The summed E-state index contributed by atoms with van der Waals surface area (Å²) in [6.45, 7) is 10.4. The first-order valence-electron chi connectivity index (χ1n) is 4.88. The Hall–Kier alpha value is -0.0400. The molecule has 1 nitrogen and oxygen atoms in total. The van der Waals surface area contributed by atoms with Gasteiger partial charge in [0.1, 0.15) is 0 Å². The van der Waals surface area contributed by atoms with Gasteiger partial charge in [-0.25, -0.2) is 0 Å². The van der Waals surface area contributed by atoms with Crippen LogP contribution in [-0.2, 0) is 0 Å². The Morgan fingerprint density at radius 2 is 2.09 bits per heavy atom. The molecule has 3 atom stereocenters. The van der Waals surface area contributed by atoms with Crippen molar-refractivity contribution in [3.63, 3.8) is 0 Å². The van der Waals surface area contributed by atoms with E-state index in [1.165, 1.54) is 12.8 Å². The summed E-state index contributed by atoms with van der Waals surface area (Å²) in [5.74, 6) is 0.937. The van der Waals surface area contributed by atoms with Crippen molar-refractivity contribution in [2.24, 2.45) is 11.3 Å². The fourth-order valence-electron chi connectivity index (χ4n) is 2.18. The fraction of sp³-hybridized carbons (Fsp3) is 1.00. The molecule has 1 aliphatic rings. The van der Waals surface area contributed by atoms with E-state index in [9.17, 15) is 0 Å². The van der Waals surface area contributed by atoms with E-state index in [0.717, 1.165) is 18.5 Å². The zero-order chi connectivity index (χ0) is 8.48. The average Bonchev–Trinajstić information content (AvgIpc) is 2.56. The Bertz CT molecular complexity index is 133. The summed E-state index contributed by atoms with van der Waals surface area (Å²) in [5.41, 5.74) is 0.616. The van der Waals surface area contributed by atoms with Gasteiger partial charge in [0.25, 0.3) is 0 Å². The van der Waals surface area contributed by atoms with Gasteiger partial charge in [-0.15, -0.1) is 0 Å². The van der Waals surface area contributed by atoms with Crippen LogP contribution < -0.4 is 5.32 Å². The van der Waals surface area contributed by atoms with Gasteiger partial charge in [0.15, 0.2) is 0 Å². The van der Waals surface area contributed by atoms with Crippen molar-refractivity contribution in [1.82, 2.24) is 5.32 Å². The van der Waals surface area contributed by atoms with E-state index in [2.05, 4.69) is 33.0 Å². The molecule has 1 fully saturated rings. The molecule has 1 N–H and O–H groups in total. The molecule has 0 aromatic rings. The van der Waals surface area contributed by atoms with Crippen molar-refractivity contribution in [3.05, 3.63) is 0 Å². The van der Waals surface area contributed by atoms with Crippen molar-refractivity contribution >= 4 is 0 Å². The molecule has 0 aromatic heterocycles. The molecule has 0 aliphatic heterocycles. The standard InChI is InChI=1S/C10H21N/c1-5-9(11-6-2)10(4)7-8(10)3/h8-9,11H,5-7H2,1-4H3. The maximum atomic E-state index is 3.57. The molecule has 11 heavy (non-hydrogen) atoms. The van der Waals surface area contributed by atoms with Gasteiger partial charge in [0.2, 0.25) is 0 Å². The molecule has 0 aromatic carbocycles. The molecule has 1 rings (SSSR count). The zero-order valence-electron chi connectivity index (χ0n) is 8.28. The summed E-state index contributed by atoms with van der Waals surface area (Å²) in [5, 5.41) is 3.57.